The first-order valence-electron chi connectivity index (χ1n) is 4.67. The summed E-state index contributed by atoms with van der Waals surface area (Å²) in [5.74, 6) is -2.29. The second-order valence-electron chi connectivity index (χ2n) is 3.56. The van der Waals surface area contributed by atoms with Crippen molar-refractivity contribution < 1.29 is 26.4 Å². The molecule has 1 rings (SSSR count). The van der Waals surface area contributed by atoms with E-state index in [-0.39, 0.29) is 5.56 Å². The van der Waals surface area contributed by atoms with Gasteiger partial charge in [0.2, 0.25) is 0 Å². The van der Waals surface area contributed by atoms with Crippen molar-refractivity contribution in [3.05, 3.63) is 21.7 Å². The van der Waals surface area contributed by atoms with E-state index >= 15 is 0 Å². The molecule has 0 bridgehead atoms. The summed E-state index contributed by atoms with van der Waals surface area (Å²) in [6, 6.07) is 0.803. The minimum Gasteiger partial charge on any atom is -0.316 e. The first kappa shape index (κ1) is 17.4. The highest BCUT2D eigenvalue weighted by molar-refractivity contribution is 8.13. The molecule has 0 fully saturated rings. The number of nitrogens with one attached hydrogen (secondary N) is 1. The SMILES string of the molecule is Cc1c(S(=O)(=O)Cl)cc(Cl)c(NC(=O)C(F)(F)F)c1Cl. The van der Waals surface area contributed by atoms with Crippen molar-refractivity contribution in [2.24, 2.45) is 0 Å². The van der Waals surface area contributed by atoms with Crippen molar-refractivity contribution in [3.63, 3.8) is 0 Å². The highest BCUT2D eigenvalue weighted by Gasteiger charge is 2.39. The number of hydrogen-bond acceptors (Lipinski definition) is 3. The van der Waals surface area contributed by atoms with Gasteiger partial charge in [0, 0.05) is 10.7 Å². The molecule has 112 valence electrons. The van der Waals surface area contributed by atoms with Crippen LogP contribution in [-0.2, 0) is 13.8 Å². The minimum absolute atomic E-state index is 0.136. The van der Waals surface area contributed by atoms with E-state index in [4.69, 9.17) is 33.9 Å². The summed E-state index contributed by atoms with van der Waals surface area (Å²) in [6.45, 7) is 1.21. The lowest BCUT2D eigenvalue weighted by Crippen LogP contribution is -2.30. The van der Waals surface area contributed by atoms with Crippen molar-refractivity contribution in [2.45, 2.75) is 18.0 Å². The van der Waals surface area contributed by atoms with Gasteiger partial charge in [0.25, 0.3) is 9.05 Å². The van der Waals surface area contributed by atoms with Crippen LogP contribution in [0.4, 0.5) is 18.9 Å². The third-order valence-electron chi connectivity index (χ3n) is 2.17. The van der Waals surface area contributed by atoms with E-state index in [9.17, 15) is 26.4 Å². The molecule has 0 aliphatic carbocycles. The molecule has 0 atom stereocenters. The van der Waals surface area contributed by atoms with E-state index < -0.39 is 41.8 Å². The molecule has 0 aliphatic heterocycles. The first-order valence-corrected chi connectivity index (χ1v) is 7.73. The molecule has 0 aromatic heterocycles. The van der Waals surface area contributed by atoms with Gasteiger partial charge in [0.1, 0.15) is 0 Å². The van der Waals surface area contributed by atoms with Crippen LogP contribution in [0.3, 0.4) is 0 Å². The molecule has 0 spiro atoms. The zero-order valence-electron chi connectivity index (χ0n) is 9.48. The lowest BCUT2D eigenvalue weighted by Gasteiger charge is -2.14. The lowest BCUT2D eigenvalue weighted by molar-refractivity contribution is -0.167. The van der Waals surface area contributed by atoms with Crippen LogP contribution in [0.15, 0.2) is 11.0 Å². The van der Waals surface area contributed by atoms with Crippen molar-refractivity contribution in [3.8, 4) is 0 Å². The Balaban J connectivity index is 3.40. The lowest BCUT2D eigenvalue weighted by atomic mass is 10.2. The van der Waals surface area contributed by atoms with Gasteiger partial charge >= 0.3 is 12.1 Å². The Labute approximate surface area is 126 Å². The summed E-state index contributed by atoms with van der Waals surface area (Å²) in [7, 11) is 0.942. The number of hydrogen-bond donors (Lipinski definition) is 1. The Morgan fingerprint density at radius 2 is 1.80 bits per heavy atom. The molecule has 1 N–H and O–H groups in total. The summed E-state index contributed by atoms with van der Waals surface area (Å²) in [6.07, 6.45) is -5.14. The monoisotopic (exact) mass is 369 g/mol. The quantitative estimate of drug-likeness (QED) is 0.807. The molecule has 0 heterocycles. The zero-order chi connectivity index (χ0) is 15.9. The Morgan fingerprint density at radius 3 is 2.20 bits per heavy atom. The molecule has 0 saturated heterocycles. The van der Waals surface area contributed by atoms with Gasteiger partial charge in [-0.05, 0) is 18.6 Å². The average Bonchev–Trinajstić information content (AvgIpc) is 2.26. The Bertz CT molecular complexity index is 673. The number of carbonyl (C=O) groups excluding carboxylic acids is 1. The van der Waals surface area contributed by atoms with E-state index in [1.165, 1.54) is 12.2 Å². The summed E-state index contributed by atoms with van der Waals surface area (Å²) in [5.41, 5.74) is -0.680. The normalized spacial score (nSPS) is 12.3. The number of alkyl halides is 3. The average molecular weight is 371 g/mol. The van der Waals surface area contributed by atoms with E-state index in [0.717, 1.165) is 6.07 Å². The number of rotatable bonds is 2. The van der Waals surface area contributed by atoms with Crippen molar-refractivity contribution in [2.75, 3.05) is 5.32 Å². The maximum Gasteiger partial charge on any atom is 0.471 e. The van der Waals surface area contributed by atoms with E-state index in [1.807, 2.05) is 0 Å². The molecule has 0 aliphatic rings. The molecular formula is C9H5Cl3F3NO3S. The van der Waals surface area contributed by atoms with E-state index in [0.29, 0.717) is 0 Å². The highest BCUT2D eigenvalue weighted by Crippen LogP contribution is 2.38. The summed E-state index contributed by atoms with van der Waals surface area (Å²) >= 11 is 11.3. The Kier molecular flexibility index (Phi) is 4.85. The number of amides is 1. The fraction of sp³-hybridized carbons (Fsp3) is 0.222. The van der Waals surface area contributed by atoms with Gasteiger partial charge < -0.3 is 5.32 Å². The predicted molar refractivity (Wildman–Crippen MR) is 68.9 cm³/mol. The number of anilines is 1. The van der Waals surface area contributed by atoms with Crippen LogP contribution in [0.2, 0.25) is 10.0 Å². The summed E-state index contributed by atoms with van der Waals surface area (Å²) in [5, 5.41) is 0.534. The minimum atomic E-state index is -5.14. The fourth-order valence-electron chi connectivity index (χ4n) is 1.25. The molecule has 0 unspecified atom stereocenters. The molecule has 1 aromatic rings. The van der Waals surface area contributed by atoms with Gasteiger partial charge in [-0.1, -0.05) is 23.2 Å². The smallest absolute Gasteiger partial charge is 0.316 e. The molecule has 20 heavy (non-hydrogen) atoms. The number of carbonyl (C=O) groups is 1. The van der Waals surface area contributed by atoms with Gasteiger partial charge in [-0.3, -0.25) is 4.79 Å². The zero-order valence-corrected chi connectivity index (χ0v) is 12.6. The van der Waals surface area contributed by atoms with Gasteiger partial charge in [0.15, 0.2) is 0 Å². The molecule has 0 saturated carbocycles. The molecule has 0 radical (unpaired) electrons. The standard InChI is InChI=1S/C9H5Cl3F3NO3S/c1-3-5(20(12,18)19)2-4(10)7(6(3)11)16-8(17)9(13,14)15/h2H,1H3,(H,16,17). The van der Waals surface area contributed by atoms with Gasteiger partial charge in [0.05, 0.1) is 20.6 Å². The second-order valence-corrected chi connectivity index (χ2v) is 6.88. The van der Waals surface area contributed by atoms with Crippen LogP contribution in [0.1, 0.15) is 5.56 Å². The predicted octanol–water partition coefficient (Wildman–Crippen LogP) is 3.73. The summed E-state index contributed by atoms with van der Waals surface area (Å²) in [4.78, 5) is 10.4. The van der Waals surface area contributed by atoms with Crippen LogP contribution in [0.25, 0.3) is 0 Å². The van der Waals surface area contributed by atoms with Crippen LogP contribution >= 0.6 is 33.9 Å². The maximum atomic E-state index is 12.2. The number of halogens is 6. The van der Waals surface area contributed by atoms with Crippen LogP contribution in [-0.4, -0.2) is 20.5 Å². The molecule has 4 nitrogen and oxygen atoms in total. The van der Waals surface area contributed by atoms with Gasteiger partial charge in [-0.25, -0.2) is 8.42 Å². The molecule has 11 heteroatoms. The molecule has 1 amide bonds. The first-order chi connectivity index (χ1) is 8.85. The third kappa shape index (κ3) is 3.69. The van der Waals surface area contributed by atoms with Crippen LogP contribution in [0.5, 0.6) is 0 Å². The van der Waals surface area contributed by atoms with E-state index in [2.05, 4.69) is 0 Å². The third-order valence-corrected chi connectivity index (χ3v) is 4.39. The van der Waals surface area contributed by atoms with Gasteiger partial charge in [-0.2, -0.15) is 13.2 Å². The van der Waals surface area contributed by atoms with Crippen LogP contribution < -0.4 is 5.32 Å². The molecular weight excluding hydrogens is 366 g/mol. The van der Waals surface area contributed by atoms with Crippen molar-refractivity contribution in [1.29, 1.82) is 0 Å². The molecule has 1 aromatic carbocycles. The Hall–Kier alpha value is -0.700. The largest absolute Gasteiger partial charge is 0.471 e. The highest BCUT2D eigenvalue weighted by atomic mass is 35.7. The summed E-state index contributed by atoms with van der Waals surface area (Å²) < 4.78 is 58.9. The Morgan fingerprint density at radius 1 is 1.30 bits per heavy atom. The van der Waals surface area contributed by atoms with Gasteiger partial charge in [-0.15, -0.1) is 0 Å². The fourth-order valence-corrected chi connectivity index (χ4v) is 3.13. The second kappa shape index (κ2) is 5.59. The topological polar surface area (TPSA) is 63.2 Å². The van der Waals surface area contributed by atoms with E-state index in [1.54, 1.807) is 0 Å². The van der Waals surface area contributed by atoms with Crippen molar-refractivity contribution >= 4 is 54.5 Å². The van der Waals surface area contributed by atoms with Crippen LogP contribution in [0, 0.1) is 6.92 Å². The maximum absolute atomic E-state index is 12.2. The number of benzene rings is 1. The van der Waals surface area contributed by atoms with Crippen molar-refractivity contribution in [1.82, 2.24) is 0 Å².